The van der Waals surface area contributed by atoms with Gasteiger partial charge in [-0.3, -0.25) is 0 Å². The van der Waals surface area contributed by atoms with Crippen LogP contribution in [0.15, 0.2) is 35.8 Å². The largest absolute Gasteiger partial charge is 0.373 e. The molecular formula is C14H19N3S. The molecule has 2 aromatic rings. The Labute approximate surface area is 112 Å². The first-order valence-corrected chi connectivity index (χ1v) is 6.99. The van der Waals surface area contributed by atoms with E-state index in [0.717, 1.165) is 25.3 Å². The van der Waals surface area contributed by atoms with Gasteiger partial charge in [-0.1, -0.05) is 12.1 Å². The van der Waals surface area contributed by atoms with Crippen molar-refractivity contribution in [3.8, 4) is 0 Å². The van der Waals surface area contributed by atoms with Gasteiger partial charge in [0.1, 0.15) is 5.82 Å². The third-order valence-corrected chi connectivity index (χ3v) is 3.79. The molecule has 2 aromatic heterocycles. The van der Waals surface area contributed by atoms with Crippen LogP contribution in [-0.4, -0.2) is 30.5 Å². The highest BCUT2D eigenvalue weighted by Gasteiger charge is 2.02. The number of nitrogens with zero attached hydrogens (tertiary/aromatic N) is 2. The molecule has 18 heavy (non-hydrogen) atoms. The van der Waals surface area contributed by atoms with Crippen molar-refractivity contribution in [1.29, 1.82) is 0 Å². The summed E-state index contributed by atoms with van der Waals surface area (Å²) in [6.45, 7) is 2.02. The van der Waals surface area contributed by atoms with E-state index < -0.39 is 0 Å². The van der Waals surface area contributed by atoms with Crippen molar-refractivity contribution in [2.45, 2.75) is 13.0 Å². The zero-order chi connectivity index (χ0) is 12.8. The quantitative estimate of drug-likeness (QED) is 0.866. The first-order chi connectivity index (χ1) is 8.78. The average Bonchev–Trinajstić information content (AvgIpc) is 2.90. The molecule has 1 N–H and O–H groups in total. The van der Waals surface area contributed by atoms with Crippen molar-refractivity contribution in [2.24, 2.45) is 0 Å². The number of aromatic nitrogens is 1. The van der Waals surface area contributed by atoms with E-state index >= 15 is 0 Å². The SMILES string of the molecule is CNc1ccc(CN(C)CCc2cccs2)cn1. The van der Waals surface area contributed by atoms with Crippen LogP contribution < -0.4 is 5.32 Å². The molecule has 0 saturated heterocycles. The van der Waals surface area contributed by atoms with Crippen molar-refractivity contribution < 1.29 is 0 Å². The van der Waals surface area contributed by atoms with Crippen molar-refractivity contribution in [3.63, 3.8) is 0 Å². The fourth-order valence-electron chi connectivity index (χ4n) is 1.81. The van der Waals surface area contributed by atoms with Crippen LogP contribution in [0, 0.1) is 0 Å². The minimum atomic E-state index is 0.917. The summed E-state index contributed by atoms with van der Waals surface area (Å²) in [6, 6.07) is 8.45. The Kier molecular flexibility index (Phi) is 4.73. The molecule has 0 atom stereocenters. The van der Waals surface area contributed by atoms with Gasteiger partial charge in [-0.25, -0.2) is 4.98 Å². The number of hydrogen-bond donors (Lipinski definition) is 1. The monoisotopic (exact) mass is 261 g/mol. The van der Waals surface area contributed by atoms with Crippen LogP contribution in [0.3, 0.4) is 0 Å². The first-order valence-electron chi connectivity index (χ1n) is 6.11. The molecular weight excluding hydrogens is 242 g/mol. The van der Waals surface area contributed by atoms with Gasteiger partial charge >= 0.3 is 0 Å². The highest BCUT2D eigenvalue weighted by atomic mass is 32.1. The number of thiophene rings is 1. The number of rotatable bonds is 6. The van der Waals surface area contributed by atoms with E-state index in [9.17, 15) is 0 Å². The van der Waals surface area contributed by atoms with Crippen LogP contribution in [0.1, 0.15) is 10.4 Å². The standard InChI is InChI=1S/C14H19N3S/c1-15-14-6-5-12(10-16-14)11-17(2)8-7-13-4-3-9-18-13/h3-6,9-10H,7-8,11H2,1-2H3,(H,15,16). The van der Waals surface area contributed by atoms with Crippen LogP contribution in [-0.2, 0) is 13.0 Å². The van der Waals surface area contributed by atoms with Crippen molar-refractivity contribution in [2.75, 3.05) is 26.0 Å². The molecule has 0 radical (unpaired) electrons. The minimum Gasteiger partial charge on any atom is -0.373 e. The van der Waals surface area contributed by atoms with E-state index in [1.54, 1.807) is 0 Å². The predicted molar refractivity (Wildman–Crippen MR) is 78.1 cm³/mol. The molecule has 0 saturated carbocycles. The van der Waals surface area contributed by atoms with Gasteiger partial charge in [-0.2, -0.15) is 0 Å². The lowest BCUT2D eigenvalue weighted by molar-refractivity contribution is 0.331. The second-order valence-electron chi connectivity index (χ2n) is 4.37. The minimum absolute atomic E-state index is 0.917. The molecule has 0 unspecified atom stereocenters. The molecule has 4 heteroatoms. The molecule has 0 bridgehead atoms. The maximum atomic E-state index is 4.32. The number of nitrogens with one attached hydrogen (secondary N) is 1. The van der Waals surface area contributed by atoms with Gasteiger partial charge in [-0.05, 0) is 36.5 Å². The average molecular weight is 261 g/mol. The zero-order valence-electron chi connectivity index (χ0n) is 10.9. The maximum Gasteiger partial charge on any atom is 0.125 e. The van der Waals surface area contributed by atoms with Crippen LogP contribution in [0.2, 0.25) is 0 Å². The Hall–Kier alpha value is -1.39. The lowest BCUT2D eigenvalue weighted by Gasteiger charge is -2.16. The van der Waals surface area contributed by atoms with Crippen LogP contribution in [0.25, 0.3) is 0 Å². The van der Waals surface area contributed by atoms with E-state index in [0.29, 0.717) is 0 Å². The van der Waals surface area contributed by atoms with Gasteiger partial charge in [0.2, 0.25) is 0 Å². The van der Waals surface area contributed by atoms with E-state index in [1.807, 2.05) is 30.6 Å². The van der Waals surface area contributed by atoms with Gasteiger partial charge in [0, 0.05) is 31.2 Å². The fourth-order valence-corrected chi connectivity index (χ4v) is 2.51. The Bertz CT molecular complexity index is 450. The number of pyridine rings is 1. The van der Waals surface area contributed by atoms with Gasteiger partial charge in [0.05, 0.1) is 0 Å². The van der Waals surface area contributed by atoms with E-state index in [2.05, 4.69) is 45.8 Å². The molecule has 96 valence electrons. The molecule has 0 aliphatic heterocycles. The smallest absolute Gasteiger partial charge is 0.125 e. The predicted octanol–water partition coefficient (Wildman–Crippen LogP) is 2.86. The van der Waals surface area contributed by atoms with Gasteiger partial charge in [0.15, 0.2) is 0 Å². The van der Waals surface area contributed by atoms with E-state index in [1.165, 1.54) is 10.4 Å². The third-order valence-electron chi connectivity index (χ3n) is 2.85. The summed E-state index contributed by atoms with van der Waals surface area (Å²) in [5.41, 5.74) is 1.25. The van der Waals surface area contributed by atoms with E-state index in [4.69, 9.17) is 0 Å². The van der Waals surface area contributed by atoms with Gasteiger partial charge in [-0.15, -0.1) is 11.3 Å². The molecule has 2 rings (SSSR count). The molecule has 3 nitrogen and oxygen atoms in total. The van der Waals surface area contributed by atoms with Crippen molar-refractivity contribution in [1.82, 2.24) is 9.88 Å². The summed E-state index contributed by atoms with van der Waals surface area (Å²) in [4.78, 5) is 8.10. The molecule has 0 spiro atoms. The van der Waals surface area contributed by atoms with E-state index in [-0.39, 0.29) is 0 Å². The highest BCUT2D eigenvalue weighted by molar-refractivity contribution is 7.09. The summed E-state index contributed by atoms with van der Waals surface area (Å²) >= 11 is 1.83. The van der Waals surface area contributed by atoms with Crippen LogP contribution in [0.5, 0.6) is 0 Å². The lowest BCUT2D eigenvalue weighted by Crippen LogP contribution is -2.20. The molecule has 0 aliphatic carbocycles. The summed E-state index contributed by atoms with van der Waals surface area (Å²) in [6.07, 6.45) is 3.06. The fraction of sp³-hybridized carbons (Fsp3) is 0.357. The zero-order valence-corrected chi connectivity index (χ0v) is 11.7. The molecule has 0 amide bonds. The molecule has 0 aromatic carbocycles. The number of hydrogen-bond acceptors (Lipinski definition) is 4. The maximum absolute atomic E-state index is 4.32. The topological polar surface area (TPSA) is 28.2 Å². The second kappa shape index (κ2) is 6.52. The van der Waals surface area contributed by atoms with Gasteiger partial charge < -0.3 is 10.2 Å². The van der Waals surface area contributed by atoms with Crippen LogP contribution >= 0.6 is 11.3 Å². The Balaban J connectivity index is 1.80. The summed E-state index contributed by atoms with van der Waals surface area (Å²) in [5, 5.41) is 5.16. The van der Waals surface area contributed by atoms with Crippen molar-refractivity contribution >= 4 is 17.2 Å². The molecule has 0 fully saturated rings. The third kappa shape index (κ3) is 3.82. The number of anilines is 1. The number of likely N-dealkylation sites (N-methyl/N-ethyl adjacent to an activating group) is 1. The van der Waals surface area contributed by atoms with Crippen LogP contribution in [0.4, 0.5) is 5.82 Å². The first kappa shape index (κ1) is 13.1. The Morgan fingerprint density at radius 3 is 2.83 bits per heavy atom. The molecule has 0 aliphatic rings. The Morgan fingerprint density at radius 1 is 1.33 bits per heavy atom. The molecule has 2 heterocycles. The highest BCUT2D eigenvalue weighted by Crippen LogP contribution is 2.11. The van der Waals surface area contributed by atoms with Crippen molar-refractivity contribution in [3.05, 3.63) is 46.3 Å². The normalized spacial score (nSPS) is 10.8. The lowest BCUT2D eigenvalue weighted by atomic mass is 10.2. The summed E-state index contributed by atoms with van der Waals surface area (Å²) in [5.74, 6) is 0.917. The van der Waals surface area contributed by atoms with Gasteiger partial charge in [0.25, 0.3) is 0 Å². The second-order valence-corrected chi connectivity index (χ2v) is 5.40. The summed E-state index contributed by atoms with van der Waals surface area (Å²) in [7, 11) is 4.04. The summed E-state index contributed by atoms with van der Waals surface area (Å²) < 4.78 is 0. The Morgan fingerprint density at radius 2 is 2.22 bits per heavy atom.